The molecule has 0 radical (unpaired) electrons. The summed E-state index contributed by atoms with van der Waals surface area (Å²) in [7, 11) is 0. The molecule has 4 rings (SSSR count). The van der Waals surface area contributed by atoms with Gasteiger partial charge in [0.05, 0.1) is 16.5 Å². The molecule has 3 aromatic rings. The van der Waals surface area contributed by atoms with E-state index in [-0.39, 0.29) is 5.41 Å². The Morgan fingerprint density at radius 2 is 1.50 bits per heavy atom. The fraction of sp³-hybridized carbons (Fsp3) is 0.261. The van der Waals surface area contributed by atoms with E-state index in [0.29, 0.717) is 0 Å². The average Bonchev–Trinajstić information content (AvgIpc) is 2.60. The minimum atomic E-state index is -0.0229. The van der Waals surface area contributed by atoms with Gasteiger partial charge in [0.2, 0.25) is 0 Å². The van der Waals surface area contributed by atoms with Gasteiger partial charge in [-0.1, -0.05) is 48.5 Å². The Hall–Kier alpha value is -2.41. The number of aryl methyl sites for hydroxylation is 1. The van der Waals surface area contributed by atoms with Crippen LogP contribution < -0.4 is 0 Å². The van der Waals surface area contributed by atoms with Gasteiger partial charge in [-0.05, 0) is 50.8 Å². The summed E-state index contributed by atoms with van der Waals surface area (Å²) in [6.45, 7) is 6.63. The van der Waals surface area contributed by atoms with Crippen LogP contribution in [0.3, 0.4) is 0 Å². The first-order chi connectivity index (χ1) is 11.5. The number of hydrogen-bond donors (Lipinski definition) is 0. The first kappa shape index (κ1) is 15.1. The standard InChI is InChI=1S/C23H23O/c1-23(2,3)21-15-20(16-9-5-4-6-10-16)19-14-13-17-11-7-8-12-18(17)22(19)24-21/h4-12,15H,13-14H2,1-3H3/q+1. The Morgan fingerprint density at radius 1 is 0.792 bits per heavy atom. The highest BCUT2D eigenvalue weighted by Crippen LogP contribution is 2.41. The molecule has 2 aromatic carbocycles. The molecule has 1 heterocycles. The topological polar surface area (TPSA) is 11.3 Å². The van der Waals surface area contributed by atoms with E-state index in [1.54, 1.807) is 0 Å². The maximum Gasteiger partial charge on any atom is 0.364 e. The first-order valence-electron chi connectivity index (χ1n) is 8.68. The Kier molecular flexibility index (Phi) is 3.53. The Balaban J connectivity index is 2.03. The monoisotopic (exact) mass is 315 g/mol. The molecule has 120 valence electrons. The third kappa shape index (κ3) is 2.54. The molecule has 1 aromatic heterocycles. The molecule has 24 heavy (non-hydrogen) atoms. The molecule has 0 fully saturated rings. The SMILES string of the molecule is CC(C)(C)c1cc(-c2ccccc2)c2c([o+]1)-c1ccccc1CC2. The summed E-state index contributed by atoms with van der Waals surface area (Å²) in [4.78, 5) is 0. The lowest BCUT2D eigenvalue weighted by Gasteiger charge is -2.18. The van der Waals surface area contributed by atoms with Crippen molar-refractivity contribution in [2.75, 3.05) is 0 Å². The molecule has 1 heteroatoms. The lowest BCUT2D eigenvalue weighted by Crippen LogP contribution is -2.14. The number of fused-ring (bicyclic) bond motifs is 3. The van der Waals surface area contributed by atoms with Crippen LogP contribution in [0.5, 0.6) is 0 Å². The van der Waals surface area contributed by atoms with Crippen LogP contribution in [0.2, 0.25) is 0 Å². The van der Waals surface area contributed by atoms with Crippen molar-refractivity contribution in [2.24, 2.45) is 0 Å². The fourth-order valence-corrected chi connectivity index (χ4v) is 3.47. The van der Waals surface area contributed by atoms with Crippen molar-refractivity contribution >= 4 is 0 Å². The molecule has 1 aliphatic carbocycles. The summed E-state index contributed by atoms with van der Waals surface area (Å²) in [5, 5.41) is 0. The van der Waals surface area contributed by atoms with Gasteiger partial charge in [-0.3, -0.25) is 0 Å². The zero-order valence-electron chi connectivity index (χ0n) is 14.6. The van der Waals surface area contributed by atoms with E-state index in [1.165, 1.54) is 27.8 Å². The zero-order chi connectivity index (χ0) is 16.7. The summed E-state index contributed by atoms with van der Waals surface area (Å²) in [6, 6.07) is 21.6. The highest BCUT2D eigenvalue weighted by Gasteiger charge is 2.35. The van der Waals surface area contributed by atoms with Gasteiger partial charge in [0.25, 0.3) is 0 Å². The second-order valence-corrected chi connectivity index (χ2v) is 7.61. The largest absolute Gasteiger partial charge is 0.364 e. The zero-order valence-corrected chi connectivity index (χ0v) is 14.6. The van der Waals surface area contributed by atoms with E-state index in [0.717, 1.165) is 24.4 Å². The summed E-state index contributed by atoms with van der Waals surface area (Å²) in [6.07, 6.45) is 2.11. The second-order valence-electron chi connectivity index (χ2n) is 7.61. The highest BCUT2D eigenvalue weighted by atomic mass is 16.3. The molecule has 1 nitrogen and oxygen atoms in total. The van der Waals surface area contributed by atoms with E-state index >= 15 is 0 Å². The summed E-state index contributed by atoms with van der Waals surface area (Å²) >= 11 is 0. The Morgan fingerprint density at radius 3 is 2.25 bits per heavy atom. The summed E-state index contributed by atoms with van der Waals surface area (Å²) in [5.74, 6) is 2.10. The fourth-order valence-electron chi connectivity index (χ4n) is 3.47. The van der Waals surface area contributed by atoms with Crippen molar-refractivity contribution in [3.8, 4) is 22.5 Å². The van der Waals surface area contributed by atoms with Crippen LogP contribution in [0.15, 0.2) is 65.1 Å². The van der Waals surface area contributed by atoms with Crippen molar-refractivity contribution in [3.63, 3.8) is 0 Å². The van der Waals surface area contributed by atoms with E-state index < -0.39 is 0 Å². The van der Waals surface area contributed by atoms with Gasteiger partial charge in [-0.2, -0.15) is 0 Å². The van der Waals surface area contributed by atoms with Crippen LogP contribution in [0.4, 0.5) is 0 Å². The van der Waals surface area contributed by atoms with Crippen LogP contribution >= 0.6 is 0 Å². The number of benzene rings is 2. The van der Waals surface area contributed by atoms with E-state index in [4.69, 9.17) is 4.42 Å². The molecule has 0 unspecified atom stereocenters. The van der Waals surface area contributed by atoms with Crippen molar-refractivity contribution in [1.29, 1.82) is 0 Å². The number of hydrogen-bond acceptors (Lipinski definition) is 0. The minimum absolute atomic E-state index is 0.0229. The maximum atomic E-state index is 6.45. The molecule has 0 bridgehead atoms. The van der Waals surface area contributed by atoms with Crippen LogP contribution in [-0.2, 0) is 18.3 Å². The van der Waals surface area contributed by atoms with Gasteiger partial charge in [0.15, 0.2) is 0 Å². The van der Waals surface area contributed by atoms with Crippen molar-refractivity contribution in [1.82, 2.24) is 0 Å². The van der Waals surface area contributed by atoms with Crippen molar-refractivity contribution in [3.05, 3.63) is 77.6 Å². The van der Waals surface area contributed by atoms with Gasteiger partial charge >= 0.3 is 11.5 Å². The summed E-state index contributed by atoms with van der Waals surface area (Å²) in [5.41, 5.74) is 6.55. The van der Waals surface area contributed by atoms with E-state index in [1.807, 2.05) is 0 Å². The molecular formula is C23H23O+. The third-order valence-corrected chi connectivity index (χ3v) is 4.82. The Bertz CT molecular complexity index is 868. The molecule has 0 spiro atoms. The molecule has 1 aliphatic rings. The summed E-state index contributed by atoms with van der Waals surface area (Å²) < 4.78 is 6.45. The molecule has 0 amide bonds. The van der Waals surface area contributed by atoms with E-state index in [9.17, 15) is 0 Å². The Labute approximate surface area is 144 Å². The quantitative estimate of drug-likeness (QED) is 0.480. The maximum absolute atomic E-state index is 6.45. The predicted molar refractivity (Wildman–Crippen MR) is 100 cm³/mol. The molecule has 0 saturated heterocycles. The van der Waals surface area contributed by atoms with Crippen LogP contribution in [-0.4, -0.2) is 0 Å². The molecular weight excluding hydrogens is 292 g/mol. The molecule has 0 atom stereocenters. The van der Waals surface area contributed by atoms with Crippen LogP contribution in [0, 0.1) is 0 Å². The van der Waals surface area contributed by atoms with Crippen molar-refractivity contribution in [2.45, 2.75) is 39.0 Å². The van der Waals surface area contributed by atoms with Gasteiger partial charge < -0.3 is 0 Å². The van der Waals surface area contributed by atoms with Gasteiger partial charge in [0.1, 0.15) is 0 Å². The second kappa shape index (κ2) is 5.59. The average molecular weight is 315 g/mol. The normalized spacial score (nSPS) is 13.3. The number of rotatable bonds is 1. The smallest absolute Gasteiger partial charge is 0.211 e. The lowest BCUT2D eigenvalue weighted by atomic mass is 9.83. The predicted octanol–water partition coefficient (Wildman–Crippen LogP) is 6.29. The van der Waals surface area contributed by atoms with Gasteiger partial charge in [0, 0.05) is 11.6 Å². The molecule has 0 N–H and O–H groups in total. The molecule has 0 saturated carbocycles. The van der Waals surface area contributed by atoms with Crippen LogP contribution in [0.25, 0.3) is 22.5 Å². The van der Waals surface area contributed by atoms with Gasteiger partial charge in [-0.15, -0.1) is 0 Å². The van der Waals surface area contributed by atoms with Crippen LogP contribution in [0.1, 0.15) is 37.7 Å². The third-order valence-electron chi connectivity index (χ3n) is 4.82. The highest BCUT2D eigenvalue weighted by molar-refractivity contribution is 5.78. The lowest BCUT2D eigenvalue weighted by molar-refractivity contribution is 0.402. The first-order valence-corrected chi connectivity index (χ1v) is 8.68. The van der Waals surface area contributed by atoms with E-state index in [2.05, 4.69) is 81.4 Å². The van der Waals surface area contributed by atoms with Gasteiger partial charge in [-0.25, -0.2) is 4.42 Å². The van der Waals surface area contributed by atoms with Crippen molar-refractivity contribution < 1.29 is 4.42 Å². The minimum Gasteiger partial charge on any atom is -0.211 e. The molecule has 0 aliphatic heterocycles.